The number of carbonyl (C=O) groups is 1. The Morgan fingerprint density at radius 1 is 1.50 bits per heavy atom. The Labute approximate surface area is 46.0 Å². The van der Waals surface area contributed by atoms with Gasteiger partial charge in [0.1, 0.15) is 0 Å². The summed E-state index contributed by atoms with van der Waals surface area (Å²) in [6.07, 6.45) is 0. The molecule has 6 N–H and O–H groups in total. The Balaban J connectivity index is 0. The molecule has 1 amide bonds. The molecule has 50 valence electrons. The second kappa shape index (κ2) is 2.60. The van der Waals surface area contributed by atoms with Gasteiger partial charge in [-0.15, -0.1) is 0 Å². The highest BCUT2D eigenvalue weighted by Gasteiger charge is 2.10. The predicted octanol–water partition coefficient (Wildman–Crippen LogP) is -0.885. The first-order valence-electron chi connectivity index (χ1n) is 1.21. The van der Waals surface area contributed by atoms with Gasteiger partial charge in [-0.1, -0.05) is 0 Å². The maximum atomic E-state index is 9.41. The molecule has 0 radical (unpaired) electrons. The van der Waals surface area contributed by atoms with Gasteiger partial charge in [-0.2, -0.15) is 8.42 Å². The van der Waals surface area contributed by atoms with Crippen LogP contribution in [0.15, 0.2) is 0 Å². The molecule has 7 heteroatoms. The van der Waals surface area contributed by atoms with E-state index in [1.165, 1.54) is 0 Å². The van der Waals surface area contributed by atoms with Gasteiger partial charge >= 0.3 is 15.4 Å². The first-order chi connectivity index (χ1) is 2.94. The Morgan fingerprint density at radius 2 is 1.62 bits per heavy atom. The fourth-order valence-corrected chi connectivity index (χ4v) is 0. The number of carbonyl (C=O) groups excluding carboxylic acids is 1. The largest absolute Gasteiger partial charge is 0.361 e. The van der Waals surface area contributed by atoms with Crippen LogP contribution in [0, 0.1) is 0 Å². The maximum absolute atomic E-state index is 9.41. The van der Waals surface area contributed by atoms with E-state index in [0.29, 0.717) is 0 Å². The Morgan fingerprint density at radius 3 is 1.62 bits per heavy atom. The van der Waals surface area contributed by atoms with E-state index in [-0.39, 0.29) is 6.15 Å². The third-order valence-corrected chi connectivity index (χ3v) is 0.763. The van der Waals surface area contributed by atoms with Crippen molar-refractivity contribution in [2.24, 2.45) is 5.73 Å². The van der Waals surface area contributed by atoms with Gasteiger partial charge in [0.25, 0.3) is 0 Å². The second-order valence-electron chi connectivity index (χ2n) is 0.794. The molecule has 0 atom stereocenters. The van der Waals surface area contributed by atoms with Crippen molar-refractivity contribution >= 4 is 15.4 Å². The van der Waals surface area contributed by atoms with Crippen LogP contribution < -0.4 is 11.9 Å². The number of nitrogens with two attached hydrogens (primary N) is 1. The lowest BCUT2D eigenvalue weighted by atomic mass is 11.5. The van der Waals surface area contributed by atoms with Crippen molar-refractivity contribution in [2.75, 3.05) is 0 Å². The molecule has 0 aliphatic heterocycles. The van der Waals surface area contributed by atoms with Gasteiger partial charge < -0.3 is 11.9 Å². The summed E-state index contributed by atoms with van der Waals surface area (Å²) in [5.74, 6) is 0. The van der Waals surface area contributed by atoms with E-state index in [2.05, 4.69) is 5.73 Å². The fraction of sp³-hybridized carbons (Fsp3) is 0. The highest BCUT2D eigenvalue weighted by atomic mass is 32.2. The molecule has 0 aromatic carbocycles. The summed E-state index contributed by atoms with van der Waals surface area (Å²) >= 11 is 0. The monoisotopic (exact) mass is 142 g/mol. The minimum atomic E-state index is -4.60. The number of hydrogen-bond acceptors (Lipinski definition) is 4. The van der Waals surface area contributed by atoms with Crippen LogP contribution in [0.3, 0.4) is 0 Å². The van der Waals surface area contributed by atoms with Crippen LogP contribution in [0.4, 0.5) is 4.79 Å². The highest BCUT2D eigenvalue weighted by Crippen LogP contribution is 1.75. The summed E-state index contributed by atoms with van der Waals surface area (Å²) < 4.78 is 26.4. The van der Waals surface area contributed by atoms with Gasteiger partial charge in [-0.05, 0) is 0 Å². The Bertz CT molecular complexity index is 168. The van der Waals surface area contributed by atoms with Crippen molar-refractivity contribution in [3.63, 3.8) is 0 Å². The molecule has 0 aromatic heterocycles. The van der Waals surface area contributed by atoms with Gasteiger partial charge in [0, 0.05) is 0 Å². The van der Waals surface area contributed by atoms with Crippen molar-refractivity contribution in [1.82, 2.24) is 6.15 Å². The molecule has 0 aromatic rings. The van der Waals surface area contributed by atoms with E-state index in [4.69, 9.17) is 4.55 Å². The van der Waals surface area contributed by atoms with E-state index in [9.17, 15) is 13.2 Å². The average Bonchev–Trinajstić information content (AvgIpc) is 1.31. The van der Waals surface area contributed by atoms with E-state index >= 15 is 0 Å². The summed E-state index contributed by atoms with van der Waals surface area (Å²) in [4.78, 5) is 9.41. The SMILES string of the molecule is N.NC(=O)S(=O)(=O)O. The molecule has 0 aliphatic rings. The van der Waals surface area contributed by atoms with Crippen LogP contribution >= 0.6 is 0 Å². The summed E-state index contributed by atoms with van der Waals surface area (Å²) in [6, 6.07) is 0. The van der Waals surface area contributed by atoms with Gasteiger partial charge in [0.2, 0.25) is 0 Å². The lowest BCUT2D eigenvalue weighted by molar-refractivity contribution is 0.262. The Hall–Kier alpha value is -0.660. The van der Waals surface area contributed by atoms with E-state index in [1.807, 2.05) is 0 Å². The van der Waals surface area contributed by atoms with Crippen LogP contribution in [-0.4, -0.2) is 18.2 Å². The molecule has 8 heavy (non-hydrogen) atoms. The summed E-state index contributed by atoms with van der Waals surface area (Å²) in [6.45, 7) is 0. The van der Waals surface area contributed by atoms with Crippen LogP contribution in [0.2, 0.25) is 0 Å². The maximum Gasteiger partial charge on any atom is 0.361 e. The highest BCUT2D eigenvalue weighted by molar-refractivity contribution is 8.01. The lowest BCUT2D eigenvalue weighted by Gasteiger charge is -1.80. The second-order valence-corrected chi connectivity index (χ2v) is 2.15. The van der Waals surface area contributed by atoms with Gasteiger partial charge in [0.15, 0.2) is 0 Å². The zero-order valence-electron chi connectivity index (χ0n) is 3.86. The molecule has 0 saturated heterocycles. The molecule has 0 bridgehead atoms. The summed E-state index contributed by atoms with van der Waals surface area (Å²) in [5.41, 5.74) is 4.09. The third kappa shape index (κ3) is 3.53. The molecular weight excluding hydrogens is 136 g/mol. The first-order valence-corrected chi connectivity index (χ1v) is 2.65. The molecular formula is CH6N2O4S. The van der Waals surface area contributed by atoms with Crippen molar-refractivity contribution in [2.45, 2.75) is 0 Å². The lowest BCUT2D eigenvalue weighted by Crippen LogP contribution is -2.20. The van der Waals surface area contributed by atoms with E-state index < -0.39 is 15.4 Å². The summed E-state index contributed by atoms with van der Waals surface area (Å²) in [7, 11) is -4.60. The molecule has 0 rings (SSSR count). The van der Waals surface area contributed by atoms with Crippen molar-refractivity contribution in [3.8, 4) is 0 Å². The number of rotatable bonds is 0. The first kappa shape index (κ1) is 10.3. The molecule has 0 heterocycles. The normalized spacial score (nSPS) is 9.62. The van der Waals surface area contributed by atoms with Crippen molar-refractivity contribution in [1.29, 1.82) is 0 Å². The number of amides is 1. The zero-order chi connectivity index (χ0) is 6.08. The minimum Gasteiger partial charge on any atom is -0.354 e. The van der Waals surface area contributed by atoms with Crippen LogP contribution in [0.25, 0.3) is 0 Å². The molecule has 0 unspecified atom stereocenters. The topological polar surface area (TPSA) is 132 Å². The number of hydrogen-bond donors (Lipinski definition) is 3. The van der Waals surface area contributed by atoms with Gasteiger partial charge in [-0.3, -0.25) is 9.35 Å². The van der Waals surface area contributed by atoms with Gasteiger partial charge in [0.05, 0.1) is 0 Å². The molecule has 0 fully saturated rings. The average molecular weight is 142 g/mol. The Kier molecular flexibility index (Phi) is 3.36. The smallest absolute Gasteiger partial charge is 0.354 e. The molecule has 0 saturated carbocycles. The molecule has 0 spiro atoms. The third-order valence-electron chi connectivity index (χ3n) is 0.254. The van der Waals surface area contributed by atoms with Crippen LogP contribution in [0.5, 0.6) is 0 Å². The van der Waals surface area contributed by atoms with Gasteiger partial charge in [-0.25, -0.2) is 0 Å². The van der Waals surface area contributed by atoms with Crippen LogP contribution in [-0.2, 0) is 10.1 Å². The van der Waals surface area contributed by atoms with Crippen LogP contribution in [0.1, 0.15) is 0 Å². The zero-order valence-corrected chi connectivity index (χ0v) is 4.68. The fourth-order valence-electron chi connectivity index (χ4n) is 0. The molecule has 6 nitrogen and oxygen atoms in total. The van der Waals surface area contributed by atoms with E-state index in [1.54, 1.807) is 0 Å². The molecule has 0 aliphatic carbocycles. The quantitative estimate of drug-likeness (QED) is 0.377. The number of primary amides is 1. The van der Waals surface area contributed by atoms with Crippen molar-refractivity contribution < 1.29 is 17.8 Å². The predicted molar refractivity (Wildman–Crippen MR) is 26.2 cm³/mol. The minimum absolute atomic E-state index is 0. The standard InChI is InChI=1S/CH3NO4S.H3N/c2-1(3)7(4,5)6;/h(H2,2,3)(H,4,5,6);1H3. The van der Waals surface area contributed by atoms with Crippen molar-refractivity contribution in [3.05, 3.63) is 0 Å². The van der Waals surface area contributed by atoms with E-state index in [0.717, 1.165) is 0 Å². The summed E-state index contributed by atoms with van der Waals surface area (Å²) in [5, 5.41) is -1.73.